The number of carboxylic acids is 1. The number of carboxylic acid groups (broad SMARTS) is 1. The van der Waals surface area contributed by atoms with E-state index in [0.29, 0.717) is 6.07 Å². The molecule has 4 nitrogen and oxygen atoms in total. The van der Waals surface area contributed by atoms with Crippen LogP contribution in [0.2, 0.25) is 0 Å². The first-order chi connectivity index (χ1) is 6.76. The van der Waals surface area contributed by atoms with Gasteiger partial charge in [-0.2, -0.15) is 8.78 Å². The normalized spacial score (nSPS) is 11.4. The molecule has 15 heavy (non-hydrogen) atoms. The average molecular weight is 283 g/mol. The maximum absolute atomic E-state index is 13.0. The molecule has 1 rings (SSSR count). The SMILES string of the molecule is O=C(O)C(F)(F)c1cc(O)c(O)cc1Br. The topological polar surface area (TPSA) is 77.8 Å². The number of benzene rings is 1. The molecule has 0 amide bonds. The van der Waals surface area contributed by atoms with Crippen LogP contribution in [-0.4, -0.2) is 21.3 Å². The van der Waals surface area contributed by atoms with Crippen molar-refractivity contribution in [2.24, 2.45) is 0 Å². The monoisotopic (exact) mass is 282 g/mol. The zero-order valence-corrected chi connectivity index (χ0v) is 8.62. The van der Waals surface area contributed by atoms with Gasteiger partial charge in [0, 0.05) is 4.47 Å². The number of hydrogen-bond acceptors (Lipinski definition) is 3. The average Bonchev–Trinajstić information content (AvgIpc) is 2.10. The van der Waals surface area contributed by atoms with E-state index in [9.17, 15) is 13.6 Å². The molecule has 82 valence electrons. The Morgan fingerprint density at radius 1 is 1.27 bits per heavy atom. The molecule has 0 saturated carbocycles. The lowest BCUT2D eigenvalue weighted by atomic mass is 10.1. The fourth-order valence-electron chi connectivity index (χ4n) is 0.907. The first kappa shape index (κ1) is 11.7. The van der Waals surface area contributed by atoms with Crippen molar-refractivity contribution in [2.45, 2.75) is 5.92 Å². The standard InChI is InChI=1S/C8H5BrF2O4/c9-4-2-6(13)5(12)1-3(4)8(10,11)7(14)15/h1-2,12-13H,(H,14,15). The zero-order valence-electron chi connectivity index (χ0n) is 7.04. The van der Waals surface area contributed by atoms with Crippen molar-refractivity contribution >= 4 is 21.9 Å². The highest BCUT2D eigenvalue weighted by Gasteiger charge is 2.43. The van der Waals surface area contributed by atoms with Gasteiger partial charge in [-0.05, 0) is 12.1 Å². The quantitative estimate of drug-likeness (QED) is 0.726. The van der Waals surface area contributed by atoms with Crippen LogP contribution in [0.5, 0.6) is 11.5 Å². The Morgan fingerprint density at radius 3 is 2.20 bits per heavy atom. The minimum Gasteiger partial charge on any atom is -0.504 e. The molecule has 0 fully saturated rings. The summed E-state index contributed by atoms with van der Waals surface area (Å²) in [6.45, 7) is 0. The molecule has 0 spiro atoms. The number of rotatable bonds is 2. The molecule has 1 aromatic carbocycles. The summed E-state index contributed by atoms with van der Waals surface area (Å²) in [5, 5.41) is 26.2. The van der Waals surface area contributed by atoms with Gasteiger partial charge in [0.05, 0.1) is 5.56 Å². The molecule has 0 saturated heterocycles. The van der Waals surface area contributed by atoms with Crippen LogP contribution in [0, 0.1) is 0 Å². The summed E-state index contributed by atoms with van der Waals surface area (Å²) in [6, 6.07) is 1.29. The third kappa shape index (κ3) is 2.01. The molecule has 0 aliphatic rings. The Labute approximate surface area is 90.9 Å². The lowest BCUT2D eigenvalue weighted by Crippen LogP contribution is -2.25. The van der Waals surface area contributed by atoms with E-state index in [0.717, 1.165) is 6.07 Å². The number of aliphatic carboxylic acids is 1. The lowest BCUT2D eigenvalue weighted by Gasteiger charge is -2.13. The highest BCUT2D eigenvalue weighted by Crippen LogP contribution is 2.39. The molecule has 1 aromatic rings. The van der Waals surface area contributed by atoms with E-state index in [1.54, 1.807) is 0 Å². The van der Waals surface area contributed by atoms with Gasteiger partial charge in [-0.25, -0.2) is 4.79 Å². The molecule has 0 aliphatic carbocycles. The van der Waals surface area contributed by atoms with Crippen LogP contribution in [0.1, 0.15) is 5.56 Å². The van der Waals surface area contributed by atoms with E-state index in [2.05, 4.69) is 15.9 Å². The molecule has 3 N–H and O–H groups in total. The molecule has 0 heterocycles. The summed E-state index contributed by atoms with van der Waals surface area (Å²) in [6.07, 6.45) is 0. The van der Waals surface area contributed by atoms with Gasteiger partial charge in [-0.3, -0.25) is 0 Å². The van der Waals surface area contributed by atoms with Crippen LogP contribution in [0.15, 0.2) is 16.6 Å². The van der Waals surface area contributed by atoms with Gasteiger partial charge in [0.25, 0.3) is 0 Å². The Balaban J connectivity index is 3.38. The fourth-order valence-corrected chi connectivity index (χ4v) is 1.49. The number of phenolic OH excluding ortho intramolecular Hbond substituents is 2. The third-order valence-corrected chi connectivity index (χ3v) is 2.33. The smallest absolute Gasteiger partial charge is 0.379 e. The predicted molar refractivity (Wildman–Crippen MR) is 49.0 cm³/mol. The number of hydrogen-bond donors (Lipinski definition) is 3. The molecule has 0 aromatic heterocycles. The molecule has 0 bridgehead atoms. The maximum atomic E-state index is 13.0. The van der Waals surface area contributed by atoms with Crippen molar-refractivity contribution in [1.29, 1.82) is 0 Å². The van der Waals surface area contributed by atoms with Gasteiger partial charge in [0.15, 0.2) is 11.5 Å². The second-order valence-corrected chi connectivity index (χ2v) is 3.55. The molecule has 0 unspecified atom stereocenters. The van der Waals surface area contributed by atoms with Gasteiger partial charge >= 0.3 is 11.9 Å². The van der Waals surface area contributed by atoms with Gasteiger partial charge in [0.1, 0.15) is 0 Å². The summed E-state index contributed by atoms with van der Waals surface area (Å²) in [4.78, 5) is 10.3. The molecular formula is C8H5BrF2O4. The Bertz CT molecular complexity index is 419. The van der Waals surface area contributed by atoms with E-state index in [-0.39, 0.29) is 4.47 Å². The molecule has 0 aliphatic heterocycles. The summed E-state index contributed by atoms with van der Waals surface area (Å²) in [5.74, 6) is -7.90. The van der Waals surface area contributed by atoms with Crippen molar-refractivity contribution in [1.82, 2.24) is 0 Å². The summed E-state index contributed by atoms with van der Waals surface area (Å²) < 4.78 is 25.8. The van der Waals surface area contributed by atoms with Crippen LogP contribution >= 0.6 is 15.9 Å². The second-order valence-electron chi connectivity index (χ2n) is 2.70. The number of carbonyl (C=O) groups is 1. The van der Waals surface area contributed by atoms with E-state index in [1.165, 1.54) is 0 Å². The third-order valence-electron chi connectivity index (χ3n) is 1.67. The Kier molecular flexibility index (Phi) is 2.85. The van der Waals surface area contributed by atoms with Crippen LogP contribution in [0.4, 0.5) is 8.78 Å². The lowest BCUT2D eigenvalue weighted by molar-refractivity contribution is -0.166. The summed E-state index contributed by atoms with van der Waals surface area (Å²) in [5.41, 5.74) is -0.926. The van der Waals surface area contributed by atoms with Gasteiger partial charge in [-0.1, -0.05) is 15.9 Å². The van der Waals surface area contributed by atoms with Crippen molar-refractivity contribution in [3.63, 3.8) is 0 Å². The van der Waals surface area contributed by atoms with E-state index in [4.69, 9.17) is 15.3 Å². The number of alkyl halides is 2. The second kappa shape index (κ2) is 3.65. The van der Waals surface area contributed by atoms with E-state index >= 15 is 0 Å². The van der Waals surface area contributed by atoms with Crippen molar-refractivity contribution in [2.75, 3.05) is 0 Å². The Morgan fingerprint density at radius 2 is 1.73 bits per heavy atom. The predicted octanol–water partition coefficient (Wildman–Crippen LogP) is 2.04. The van der Waals surface area contributed by atoms with Crippen LogP contribution in [0.25, 0.3) is 0 Å². The first-order valence-corrected chi connectivity index (χ1v) is 4.39. The molecule has 7 heteroatoms. The zero-order chi connectivity index (χ0) is 11.8. The number of phenols is 2. The van der Waals surface area contributed by atoms with Crippen LogP contribution in [0.3, 0.4) is 0 Å². The van der Waals surface area contributed by atoms with Crippen LogP contribution in [-0.2, 0) is 10.7 Å². The minimum absolute atomic E-state index is 0.301. The van der Waals surface area contributed by atoms with E-state index < -0.39 is 29.0 Å². The van der Waals surface area contributed by atoms with Gasteiger partial charge < -0.3 is 15.3 Å². The Hall–Kier alpha value is -1.37. The highest BCUT2D eigenvalue weighted by atomic mass is 79.9. The minimum atomic E-state index is -4.13. The van der Waals surface area contributed by atoms with Crippen molar-refractivity contribution in [3.8, 4) is 11.5 Å². The molecule has 0 atom stereocenters. The first-order valence-electron chi connectivity index (χ1n) is 3.60. The summed E-state index contributed by atoms with van der Waals surface area (Å²) in [7, 11) is 0. The van der Waals surface area contributed by atoms with Gasteiger partial charge in [-0.15, -0.1) is 0 Å². The van der Waals surface area contributed by atoms with Crippen molar-refractivity contribution in [3.05, 3.63) is 22.2 Å². The summed E-state index contributed by atoms with van der Waals surface area (Å²) >= 11 is 2.67. The largest absolute Gasteiger partial charge is 0.504 e. The number of halogens is 3. The van der Waals surface area contributed by atoms with Crippen LogP contribution < -0.4 is 0 Å². The molecular weight excluding hydrogens is 278 g/mol. The van der Waals surface area contributed by atoms with E-state index in [1.807, 2.05) is 0 Å². The van der Waals surface area contributed by atoms with Crippen molar-refractivity contribution < 1.29 is 28.9 Å². The van der Waals surface area contributed by atoms with Gasteiger partial charge in [0.2, 0.25) is 0 Å². The maximum Gasteiger partial charge on any atom is 0.379 e. The fraction of sp³-hybridized carbons (Fsp3) is 0.125. The highest BCUT2D eigenvalue weighted by molar-refractivity contribution is 9.10. The number of aromatic hydroxyl groups is 2. The molecule has 0 radical (unpaired) electrons.